The average Bonchev–Trinajstić information content (AvgIpc) is 3.29. The third kappa shape index (κ3) is 5.82. The van der Waals surface area contributed by atoms with Crippen LogP contribution in [0.1, 0.15) is 42.7 Å². The highest BCUT2D eigenvalue weighted by atomic mass is 32.1. The molecule has 1 saturated heterocycles. The first-order chi connectivity index (χ1) is 13.5. The van der Waals surface area contributed by atoms with Crippen LogP contribution >= 0.6 is 11.3 Å². The molecule has 1 fully saturated rings. The molecule has 0 bridgehead atoms. The zero-order valence-corrected chi connectivity index (χ0v) is 18.4. The minimum Gasteiger partial charge on any atom is -0.444 e. The van der Waals surface area contributed by atoms with E-state index in [9.17, 15) is 0 Å². The molecule has 0 saturated carbocycles. The third-order valence-electron chi connectivity index (χ3n) is 5.33. The molecule has 0 atom stereocenters. The second-order valence-corrected chi connectivity index (χ2v) is 8.43. The number of piperidine rings is 1. The topological polar surface area (TPSA) is 56.9 Å². The molecule has 1 aliphatic rings. The van der Waals surface area contributed by atoms with Gasteiger partial charge in [0.15, 0.2) is 5.96 Å². The fourth-order valence-corrected chi connectivity index (χ4v) is 4.20. The van der Waals surface area contributed by atoms with Gasteiger partial charge in [0.2, 0.25) is 5.89 Å². The Morgan fingerprint density at radius 2 is 2.18 bits per heavy atom. The number of thiophene rings is 1. The Kier molecular flexibility index (Phi) is 7.50. The van der Waals surface area contributed by atoms with Gasteiger partial charge < -0.3 is 14.6 Å². The normalized spacial score (nSPS) is 16.5. The first-order valence-corrected chi connectivity index (χ1v) is 11.1. The number of rotatable bonds is 7. The first-order valence-electron chi connectivity index (χ1n) is 10.2. The van der Waals surface area contributed by atoms with Crippen molar-refractivity contribution < 1.29 is 4.42 Å². The summed E-state index contributed by atoms with van der Waals surface area (Å²) in [5, 5.41) is 7.76. The van der Waals surface area contributed by atoms with Crippen LogP contribution < -0.4 is 5.32 Å². The molecule has 154 valence electrons. The average molecular weight is 404 g/mol. The number of nitrogens with one attached hydrogen (secondary N) is 1. The Morgan fingerprint density at radius 3 is 2.79 bits per heavy atom. The molecule has 0 spiro atoms. The van der Waals surface area contributed by atoms with Crippen LogP contribution in [-0.4, -0.2) is 54.0 Å². The molecule has 0 unspecified atom stereocenters. The summed E-state index contributed by atoms with van der Waals surface area (Å²) in [5.74, 6) is 3.42. The van der Waals surface area contributed by atoms with Gasteiger partial charge >= 0.3 is 0 Å². The van der Waals surface area contributed by atoms with Crippen LogP contribution in [0.2, 0.25) is 0 Å². The van der Waals surface area contributed by atoms with E-state index in [-0.39, 0.29) is 0 Å². The Morgan fingerprint density at radius 1 is 1.39 bits per heavy atom. The highest BCUT2D eigenvalue weighted by Gasteiger charge is 2.21. The summed E-state index contributed by atoms with van der Waals surface area (Å²) in [5.41, 5.74) is 2.34. The number of aromatic nitrogens is 1. The van der Waals surface area contributed by atoms with Crippen molar-refractivity contribution in [2.75, 3.05) is 33.2 Å². The summed E-state index contributed by atoms with van der Waals surface area (Å²) in [7, 11) is 2.11. The van der Waals surface area contributed by atoms with Crippen molar-refractivity contribution in [1.29, 1.82) is 0 Å². The van der Waals surface area contributed by atoms with Crippen LogP contribution in [0.15, 0.2) is 26.2 Å². The molecule has 28 heavy (non-hydrogen) atoms. The number of nitrogens with zero attached hydrogens (tertiary/aromatic N) is 4. The van der Waals surface area contributed by atoms with Crippen molar-refractivity contribution in [3.8, 4) is 0 Å². The predicted molar refractivity (Wildman–Crippen MR) is 116 cm³/mol. The lowest BCUT2D eigenvalue weighted by atomic mass is 9.97. The molecule has 0 amide bonds. The van der Waals surface area contributed by atoms with Crippen molar-refractivity contribution in [3.63, 3.8) is 0 Å². The van der Waals surface area contributed by atoms with Gasteiger partial charge in [0, 0.05) is 26.7 Å². The molecule has 3 heterocycles. The maximum absolute atomic E-state index is 5.73. The molecule has 1 N–H and O–H groups in total. The molecule has 2 aromatic rings. The molecule has 2 aromatic heterocycles. The summed E-state index contributed by atoms with van der Waals surface area (Å²) in [6.45, 7) is 11.8. The second-order valence-electron chi connectivity index (χ2n) is 7.65. The van der Waals surface area contributed by atoms with Gasteiger partial charge in [-0.3, -0.25) is 9.89 Å². The minimum atomic E-state index is 0.646. The molecule has 1 aliphatic heterocycles. The second kappa shape index (κ2) is 10.1. The lowest BCUT2D eigenvalue weighted by Crippen LogP contribution is -2.39. The van der Waals surface area contributed by atoms with Crippen LogP contribution in [-0.2, 0) is 13.1 Å². The van der Waals surface area contributed by atoms with E-state index in [2.05, 4.69) is 50.9 Å². The number of aryl methyl sites for hydroxylation is 2. The Labute approximate surface area is 172 Å². The van der Waals surface area contributed by atoms with E-state index < -0.39 is 0 Å². The zero-order chi connectivity index (χ0) is 19.9. The van der Waals surface area contributed by atoms with Gasteiger partial charge in [-0.2, -0.15) is 11.3 Å². The minimum absolute atomic E-state index is 0.646. The van der Waals surface area contributed by atoms with E-state index in [1.165, 1.54) is 18.4 Å². The van der Waals surface area contributed by atoms with Gasteiger partial charge in [0.25, 0.3) is 0 Å². The lowest BCUT2D eigenvalue weighted by Gasteiger charge is -2.30. The maximum atomic E-state index is 5.73. The van der Waals surface area contributed by atoms with Gasteiger partial charge in [-0.1, -0.05) is 0 Å². The number of oxazole rings is 1. The summed E-state index contributed by atoms with van der Waals surface area (Å²) < 4.78 is 5.73. The Bertz CT molecular complexity index is 727. The van der Waals surface area contributed by atoms with Gasteiger partial charge in [0.05, 0.1) is 12.2 Å². The van der Waals surface area contributed by atoms with Gasteiger partial charge in [-0.15, -0.1) is 0 Å². The largest absolute Gasteiger partial charge is 0.444 e. The number of likely N-dealkylation sites (tertiary alicyclic amines) is 1. The number of hydrogen-bond donors (Lipinski definition) is 1. The van der Waals surface area contributed by atoms with E-state index >= 15 is 0 Å². The highest BCUT2D eigenvalue weighted by molar-refractivity contribution is 7.07. The molecular weight excluding hydrogens is 370 g/mol. The lowest BCUT2D eigenvalue weighted by molar-refractivity contribution is 0.166. The van der Waals surface area contributed by atoms with E-state index in [0.717, 1.165) is 62.6 Å². The van der Waals surface area contributed by atoms with Crippen LogP contribution in [0.5, 0.6) is 0 Å². The molecule has 0 aromatic carbocycles. The van der Waals surface area contributed by atoms with E-state index in [4.69, 9.17) is 9.41 Å². The standard InChI is InChI=1S/C21H33N5OS/c1-5-22-21(25(4)13-19-8-11-28-15-19)23-12-18-6-9-26(10-7-18)14-20-24-16(2)17(3)27-20/h8,11,15,18H,5-7,9-10,12-14H2,1-4H3,(H,22,23). The van der Waals surface area contributed by atoms with Crippen molar-refractivity contribution in [3.05, 3.63) is 39.7 Å². The third-order valence-corrected chi connectivity index (χ3v) is 6.07. The summed E-state index contributed by atoms with van der Waals surface area (Å²) in [6, 6.07) is 2.18. The van der Waals surface area contributed by atoms with Gasteiger partial charge in [-0.05, 0) is 75.0 Å². The first kappa shape index (κ1) is 20.9. The number of hydrogen-bond acceptors (Lipinski definition) is 5. The van der Waals surface area contributed by atoms with E-state index in [0.29, 0.717) is 5.92 Å². The molecule has 3 rings (SSSR count). The molecular formula is C21H33N5OS. The van der Waals surface area contributed by atoms with Gasteiger partial charge in [-0.25, -0.2) is 4.98 Å². The molecule has 0 aliphatic carbocycles. The molecule has 0 radical (unpaired) electrons. The quantitative estimate of drug-likeness (QED) is 0.565. The Hall–Kier alpha value is -1.86. The van der Waals surface area contributed by atoms with Gasteiger partial charge in [0.1, 0.15) is 5.76 Å². The van der Waals surface area contributed by atoms with E-state index in [1.807, 2.05) is 13.8 Å². The van der Waals surface area contributed by atoms with Crippen molar-refractivity contribution in [1.82, 2.24) is 20.1 Å². The number of aliphatic imine (C=N–C) groups is 1. The predicted octanol–water partition coefficient (Wildman–Crippen LogP) is 3.66. The maximum Gasteiger partial charge on any atom is 0.208 e. The smallest absolute Gasteiger partial charge is 0.208 e. The fraction of sp³-hybridized carbons (Fsp3) is 0.619. The SMILES string of the molecule is CCNC(=NCC1CCN(Cc2nc(C)c(C)o2)CC1)N(C)Cc1ccsc1. The molecule has 7 heteroatoms. The number of guanidine groups is 1. The van der Waals surface area contributed by atoms with Crippen molar-refractivity contribution in [2.24, 2.45) is 10.9 Å². The van der Waals surface area contributed by atoms with Crippen molar-refractivity contribution >= 4 is 17.3 Å². The summed E-state index contributed by atoms with van der Waals surface area (Å²) >= 11 is 1.74. The Balaban J connectivity index is 1.47. The molecule has 6 nitrogen and oxygen atoms in total. The van der Waals surface area contributed by atoms with E-state index in [1.54, 1.807) is 11.3 Å². The van der Waals surface area contributed by atoms with Crippen LogP contribution in [0.25, 0.3) is 0 Å². The monoisotopic (exact) mass is 403 g/mol. The zero-order valence-electron chi connectivity index (χ0n) is 17.6. The van der Waals surface area contributed by atoms with Crippen LogP contribution in [0.4, 0.5) is 0 Å². The highest BCUT2D eigenvalue weighted by Crippen LogP contribution is 2.20. The van der Waals surface area contributed by atoms with Crippen LogP contribution in [0, 0.1) is 19.8 Å². The summed E-state index contributed by atoms with van der Waals surface area (Å²) in [6.07, 6.45) is 2.35. The summed E-state index contributed by atoms with van der Waals surface area (Å²) in [4.78, 5) is 14.1. The van der Waals surface area contributed by atoms with Crippen molar-refractivity contribution in [2.45, 2.75) is 46.7 Å². The van der Waals surface area contributed by atoms with Crippen LogP contribution in [0.3, 0.4) is 0 Å². The fourth-order valence-electron chi connectivity index (χ4n) is 3.54.